The number of aromatic hydroxyl groups is 1. The van der Waals surface area contributed by atoms with Crippen molar-refractivity contribution in [3.05, 3.63) is 58.5 Å². The van der Waals surface area contributed by atoms with E-state index in [0.717, 1.165) is 10.4 Å². The van der Waals surface area contributed by atoms with Gasteiger partial charge in [0.15, 0.2) is 18.1 Å². The number of aromatic nitrogens is 2. The third-order valence-corrected chi connectivity index (χ3v) is 4.32. The Balaban J connectivity index is 1.71. The summed E-state index contributed by atoms with van der Waals surface area (Å²) in [5.74, 6) is 0.0953. The second-order valence-electron chi connectivity index (χ2n) is 5.28. The second-order valence-corrected chi connectivity index (χ2v) is 6.31. The Morgan fingerprint density at radius 2 is 2.29 bits per heavy atom. The quantitative estimate of drug-likeness (QED) is 0.721. The van der Waals surface area contributed by atoms with Gasteiger partial charge in [-0.25, -0.2) is 0 Å². The van der Waals surface area contributed by atoms with E-state index in [1.54, 1.807) is 40.8 Å². The van der Waals surface area contributed by atoms with E-state index in [0.29, 0.717) is 12.2 Å². The van der Waals surface area contributed by atoms with Crippen LogP contribution in [0.4, 0.5) is 5.69 Å². The van der Waals surface area contributed by atoms with Crippen LogP contribution in [-0.4, -0.2) is 27.8 Å². The number of hydrogen-bond acceptors (Lipinski definition) is 5. The largest absolute Gasteiger partial charge is 0.504 e. The Morgan fingerprint density at radius 3 is 2.96 bits per heavy atom. The van der Waals surface area contributed by atoms with Crippen LogP contribution in [0.15, 0.2) is 48.1 Å². The third kappa shape index (κ3) is 3.75. The summed E-state index contributed by atoms with van der Waals surface area (Å²) in [5, 5.41) is 18.5. The molecule has 0 spiro atoms. The van der Waals surface area contributed by atoms with Crippen molar-refractivity contribution in [2.24, 2.45) is 0 Å². The topological polar surface area (TPSA) is 78.5 Å². The van der Waals surface area contributed by atoms with Crippen molar-refractivity contribution >= 4 is 22.9 Å². The first kappa shape index (κ1) is 16.1. The fraction of sp³-hybridized carbons (Fsp3) is 0.176. The molecule has 0 aliphatic heterocycles. The van der Waals surface area contributed by atoms with Crippen molar-refractivity contribution < 1.29 is 14.6 Å². The highest BCUT2D eigenvalue weighted by atomic mass is 32.1. The zero-order valence-corrected chi connectivity index (χ0v) is 13.9. The number of ether oxygens (including phenoxy) is 1. The molecule has 1 aromatic carbocycles. The van der Waals surface area contributed by atoms with E-state index in [1.807, 2.05) is 30.5 Å². The van der Waals surface area contributed by atoms with Gasteiger partial charge in [-0.3, -0.25) is 9.89 Å². The minimum absolute atomic E-state index is 0.0240. The highest BCUT2D eigenvalue weighted by Gasteiger charge is 2.19. The minimum Gasteiger partial charge on any atom is -0.504 e. The molecule has 2 N–H and O–H groups in total. The summed E-state index contributed by atoms with van der Waals surface area (Å²) >= 11 is 1.58. The summed E-state index contributed by atoms with van der Waals surface area (Å²) in [5.41, 5.74) is 1.59. The Kier molecular flexibility index (Phi) is 4.81. The number of aryl methyl sites for hydroxylation is 1. The lowest BCUT2D eigenvalue weighted by Gasteiger charge is -2.20. The molecular formula is C17H17N3O3S. The summed E-state index contributed by atoms with van der Waals surface area (Å²) in [6, 6.07) is 8.98. The van der Waals surface area contributed by atoms with Gasteiger partial charge in [-0.05, 0) is 36.1 Å². The number of phenolic OH excluding ortho intramolecular Hbond substituents is 1. The molecule has 0 radical (unpaired) electrons. The van der Waals surface area contributed by atoms with E-state index in [4.69, 9.17) is 4.74 Å². The van der Waals surface area contributed by atoms with Gasteiger partial charge in [0.25, 0.3) is 5.91 Å². The predicted octanol–water partition coefficient (Wildman–Crippen LogP) is 3.10. The average Bonchev–Trinajstić information content (AvgIpc) is 3.25. The van der Waals surface area contributed by atoms with Crippen LogP contribution in [0.2, 0.25) is 0 Å². The van der Waals surface area contributed by atoms with Crippen LogP contribution in [0.1, 0.15) is 10.4 Å². The maximum atomic E-state index is 12.6. The third-order valence-electron chi connectivity index (χ3n) is 3.46. The lowest BCUT2D eigenvalue weighted by molar-refractivity contribution is -0.120. The molecule has 0 bridgehead atoms. The molecule has 0 unspecified atom stereocenters. The molecule has 7 heteroatoms. The van der Waals surface area contributed by atoms with Gasteiger partial charge in [0.1, 0.15) is 0 Å². The summed E-state index contributed by atoms with van der Waals surface area (Å²) in [7, 11) is 0. The number of anilines is 1. The Hall–Kier alpha value is -2.80. The molecule has 6 nitrogen and oxygen atoms in total. The minimum atomic E-state index is -0.218. The first-order valence-corrected chi connectivity index (χ1v) is 8.25. The molecule has 0 aliphatic rings. The molecule has 0 aliphatic carbocycles. The van der Waals surface area contributed by atoms with E-state index in [-0.39, 0.29) is 24.0 Å². The van der Waals surface area contributed by atoms with Crippen molar-refractivity contribution in [1.82, 2.24) is 10.2 Å². The van der Waals surface area contributed by atoms with Gasteiger partial charge < -0.3 is 14.7 Å². The van der Waals surface area contributed by atoms with Crippen molar-refractivity contribution in [2.45, 2.75) is 13.5 Å². The molecule has 0 atom stereocenters. The molecule has 0 saturated carbocycles. The summed E-state index contributed by atoms with van der Waals surface area (Å²) in [6.07, 6.45) is 3.25. The normalized spacial score (nSPS) is 10.5. The Labute approximate surface area is 143 Å². The van der Waals surface area contributed by atoms with Gasteiger partial charge in [-0.15, -0.1) is 11.3 Å². The number of hydrogen-bond donors (Lipinski definition) is 2. The fourth-order valence-electron chi connectivity index (χ4n) is 2.24. The molecule has 3 rings (SSSR count). The van der Waals surface area contributed by atoms with E-state index in [1.165, 1.54) is 0 Å². The van der Waals surface area contributed by atoms with Crippen LogP contribution in [0.5, 0.6) is 11.5 Å². The molecular weight excluding hydrogens is 326 g/mol. The molecule has 1 amide bonds. The number of carbonyl (C=O) groups excluding carboxylic acids is 1. The van der Waals surface area contributed by atoms with Crippen LogP contribution in [0, 0.1) is 6.92 Å². The van der Waals surface area contributed by atoms with Gasteiger partial charge in [-0.2, -0.15) is 5.10 Å². The number of nitrogens with zero attached hydrogens (tertiary/aromatic N) is 2. The lowest BCUT2D eigenvalue weighted by atomic mass is 10.2. The first-order valence-electron chi connectivity index (χ1n) is 7.37. The van der Waals surface area contributed by atoms with Crippen molar-refractivity contribution in [1.29, 1.82) is 0 Å². The monoisotopic (exact) mass is 343 g/mol. The molecule has 24 heavy (non-hydrogen) atoms. The number of phenols is 1. The van der Waals surface area contributed by atoms with Gasteiger partial charge in [-0.1, -0.05) is 12.1 Å². The van der Waals surface area contributed by atoms with Crippen molar-refractivity contribution in [2.75, 3.05) is 11.5 Å². The van der Waals surface area contributed by atoms with Gasteiger partial charge in [0, 0.05) is 11.1 Å². The van der Waals surface area contributed by atoms with E-state index >= 15 is 0 Å². The number of nitrogens with one attached hydrogen (secondary N) is 1. The number of H-pyrrole nitrogens is 1. The predicted molar refractivity (Wildman–Crippen MR) is 92.4 cm³/mol. The SMILES string of the molecule is Cc1ccc(OCC(=O)N(Cc2cccs2)c2cn[nH]c2)c(O)c1. The Morgan fingerprint density at radius 1 is 1.42 bits per heavy atom. The molecule has 0 saturated heterocycles. The van der Waals surface area contributed by atoms with Crippen molar-refractivity contribution in [3.8, 4) is 11.5 Å². The average molecular weight is 343 g/mol. The molecule has 124 valence electrons. The highest BCUT2D eigenvalue weighted by molar-refractivity contribution is 7.09. The standard InChI is InChI=1S/C17H17N3O3S/c1-12-4-5-16(15(21)7-12)23-11-17(22)20(13-8-18-19-9-13)10-14-3-2-6-24-14/h2-9,21H,10-11H2,1H3,(H,18,19). The number of amides is 1. The summed E-state index contributed by atoms with van der Waals surface area (Å²) in [6.45, 7) is 2.14. The highest BCUT2D eigenvalue weighted by Crippen LogP contribution is 2.27. The Bertz CT molecular complexity index is 801. The lowest BCUT2D eigenvalue weighted by Crippen LogP contribution is -2.34. The van der Waals surface area contributed by atoms with E-state index in [9.17, 15) is 9.90 Å². The maximum absolute atomic E-state index is 12.6. The van der Waals surface area contributed by atoms with Crippen molar-refractivity contribution in [3.63, 3.8) is 0 Å². The maximum Gasteiger partial charge on any atom is 0.265 e. The van der Waals surface area contributed by atoms with Crippen LogP contribution < -0.4 is 9.64 Å². The van der Waals surface area contributed by atoms with Gasteiger partial charge in [0.05, 0.1) is 18.4 Å². The van der Waals surface area contributed by atoms with Crippen LogP contribution in [0.3, 0.4) is 0 Å². The first-order chi connectivity index (χ1) is 11.6. The van der Waals surface area contributed by atoms with Crippen LogP contribution in [-0.2, 0) is 11.3 Å². The number of benzene rings is 1. The number of thiophene rings is 1. The fourth-order valence-corrected chi connectivity index (χ4v) is 2.93. The summed E-state index contributed by atoms with van der Waals surface area (Å²) in [4.78, 5) is 15.3. The van der Waals surface area contributed by atoms with Gasteiger partial charge in [0.2, 0.25) is 0 Å². The molecule has 3 aromatic rings. The molecule has 2 aromatic heterocycles. The number of rotatable bonds is 6. The van der Waals surface area contributed by atoms with Crippen LogP contribution in [0.25, 0.3) is 0 Å². The zero-order chi connectivity index (χ0) is 16.9. The number of carbonyl (C=O) groups is 1. The van der Waals surface area contributed by atoms with E-state index in [2.05, 4.69) is 10.2 Å². The van der Waals surface area contributed by atoms with Crippen LogP contribution >= 0.6 is 11.3 Å². The number of aromatic amines is 1. The van der Waals surface area contributed by atoms with E-state index < -0.39 is 0 Å². The molecule has 0 fully saturated rings. The zero-order valence-electron chi connectivity index (χ0n) is 13.1. The second kappa shape index (κ2) is 7.18. The summed E-state index contributed by atoms with van der Waals surface area (Å²) < 4.78 is 5.48. The smallest absolute Gasteiger partial charge is 0.265 e. The van der Waals surface area contributed by atoms with Gasteiger partial charge >= 0.3 is 0 Å². The molecule has 2 heterocycles.